The molecule has 0 aliphatic carbocycles. The highest BCUT2D eigenvalue weighted by Gasteiger charge is 2.34. The highest BCUT2D eigenvalue weighted by molar-refractivity contribution is 6.05. The standard InChI is InChI=1S/C20H21N5O3/c1-12-16(8-13-4-5-15(28-3)9-18(13)22-12)19(26)23-17-6-7-25(20(17)27)14-10-21-24(2)11-14/h4-5,8-11,17H,6-7H2,1-3H3,(H,23,26). The third kappa shape index (κ3) is 3.17. The first-order chi connectivity index (χ1) is 13.5. The minimum atomic E-state index is -0.557. The summed E-state index contributed by atoms with van der Waals surface area (Å²) in [5.41, 5.74) is 2.56. The molecule has 1 aliphatic heterocycles. The summed E-state index contributed by atoms with van der Waals surface area (Å²) in [6.45, 7) is 2.33. The number of nitrogens with one attached hydrogen (secondary N) is 1. The molecule has 144 valence electrons. The molecule has 1 aromatic carbocycles. The van der Waals surface area contributed by atoms with Crippen molar-refractivity contribution in [1.82, 2.24) is 20.1 Å². The minimum Gasteiger partial charge on any atom is -0.497 e. The number of fused-ring (bicyclic) bond motifs is 1. The molecule has 1 fully saturated rings. The van der Waals surface area contributed by atoms with Crippen molar-refractivity contribution < 1.29 is 14.3 Å². The summed E-state index contributed by atoms with van der Waals surface area (Å²) in [6.07, 6.45) is 3.98. The normalized spacial score (nSPS) is 16.6. The van der Waals surface area contributed by atoms with Crippen molar-refractivity contribution in [2.75, 3.05) is 18.6 Å². The van der Waals surface area contributed by atoms with Crippen molar-refractivity contribution in [2.24, 2.45) is 7.05 Å². The van der Waals surface area contributed by atoms with E-state index in [-0.39, 0.29) is 11.8 Å². The van der Waals surface area contributed by atoms with Crippen LogP contribution in [0.1, 0.15) is 22.5 Å². The third-order valence-electron chi connectivity index (χ3n) is 4.97. The Morgan fingerprint density at radius 1 is 1.32 bits per heavy atom. The van der Waals surface area contributed by atoms with Gasteiger partial charge in [-0.15, -0.1) is 0 Å². The Labute approximate surface area is 162 Å². The molecule has 0 bridgehead atoms. The average Bonchev–Trinajstić information content (AvgIpc) is 3.26. The van der Waals surface area contributed by atoms with Crippen molar-refractivity contribution in [2.45, 2.75) is 19.4 Å². The third-order valence-corrected chi connectivity index (χ3v) is 4.97. The van der Waals surface area contributed by atoms with Crippen LogP contribution in [-0.4, -0.2) is 46.3 Å². The molecule has 1 N–H and O–H groups in total. The molecule has 0 saturated carbocycles. The largest absolute Gasteiger partial charge is 0.497 e. The highest BCUT2D eigenvalue weighted by atomic mass is 16.5. The Kier molecular flexibility index (Phi) is 4.46. The van der Waals surface area contributed by atoms with Crippen LogP contribution in [0.5, 0.6) is 5.75 Å². The van der Waals surface area contributed by atoms with E-state index in [1.807, 2.05) is 18.2 Å². The predicted octanol–water partition coefficient (Wildman–Crippen LogP) is 1.82. The van der Waals surface area contributed by atoms with Crippen molar-refractivity contribution >= 4 is 28.4 Å². The monoisotopic (exact) mass is 379 g/mol. The van der Waals surface area contributed by atoms with Gasteiger partial charge in [-0.3, -0.25) is 19.3 Å². The van der Waals surface area contributed by atoms with Gasteiger partial charge in [-0.1, -0.05) is 0 Å². The van der Waals surface area contributed by atoms with Crippen LogP contribution in [0.15, 0.2) is 36.7 Å². The van der Waals surface area contributed by atoms with E-state index in [0.717, 1.165) is 16.6 Å². The van der Waals surface area contributed by atoms with E-state index in [1.165, 1.54) is 0 Å². The predicted molar refractivity (Wildman–Crippen MR) is 104 cm³/mol. The summed E-state index contributed by atoms with van der Waals surface area (Å²) in [5, 5.41) is 7.80. The van der Waals surface area contributed by atoms with Gasteiger partial charge in [-0.05, 0) is 31.5 Å². The zero-order valence-electron chi connectivity index (χ0n) is 16.0. The first kappa shape index (κ1) is 18.0. The van der Waals surface area contributed by atoms with Crippen LogP contribution >= 0.6 is 0 Å². The van der Waals surface area contributed by atoms with Crippen LogP contribution in [-0.2, 0) is 11.8 Å². The Hall–Kier alpha value is -3.42. The molecule has 0 radical (unpaired) electrons. The van der Waals surface area contributed by atoms with Gasteiger partial charge in [-0.25, -0.2) is 0 Å². The fourth-order valence-electron chi connectivity index (χ4n) is 3.45. The summed E-state index contributed by atoms with van der Waals surface area (Å²) in [4.78, 5) is 31.7. The maximum atomic E-state index is 12.8. The minimum absolute atomic E-state index is 0.127. The Morgan fingerprint density at radius 3 is 2.86 bits per heavy atom. The van der Waals surface area contributed by atoms with Crippen LogP contribution in [0.3, 0.4) is 0 Å². The van der Waals surface area contributed by atoms with Gasteiger partial charge in [0.2, 0.25) is 5.91 Å². The van der Waals surface area contributed by atoms with Crippen LogP contribution in [0.25, 0.3) is 10.9 Å². The summed E-state index contributed by atoms with van der Waals surface area (Å²) < 4.78 is 6.87. The number of amides is 2. The average molecular weight is 379 g/mol. The second-order valence-corrected chi connectivity index (χ2v) is 6.86. The fraction of sp³-hybridized carbons (Fsp3) is 0.300. The maximum absolute atomic E-state index is 12.8. The lowest BCUT2D eigenvalue weighted by Crippen LogP contribution is -2.41. The number of anilines is 1. The number of carbonyl (C=O) groups is 2. The first-order valence-electron chi connectivity index (χ1n) is 9.02. The topological polar surface area (TPSA) is 89.4 Å². The van der Waals surface area contributed by atoms with E-state index in [1.54, 1.807) is 49.1 Å². The number of ether oxygens (including phenoxy) is 1. The van der Waals surface area contributed by atoms with Crippen LogP contribution < -0.4 is 15.0 Å². The Balaban J connectivity index is 1.53. The Bertz CT molecular complexity index is 1070. The molecule has 0 spiro atoms. The van der Waals surface area contributed by atoms with Crippen molar-refractivity contribution in [3.63, 3.8) is 0 Å². The van der Waals surface area contributed by atoms with E-state index in [2.05, 4.69) is 15.4 Å². The number of nitrogens with zero attached hydrogens (tertiary/aromatic N) is 4. The van der Waals surface area contributed by atoms with Crippen LogP contribution in [0.2, 0.25) is 0 Å². The molecule has 3 heterocycles. The number of aryl methyl sites for hydroxylation is 2. The number of rotatable bonds is 4. The van der Waals surface area contributed by atoms with Gasteiger partial charge < -0.3 is 15.0 Å². The lowest BCUT2D eigenvalue weighted by atomic mass is 10.1. The molecule has 4 rings (SSSR count). The highest BCUT2D eigenvalue weighted by Crippen LogP contribution is 2.23. The molecule has 8 nitrogen and oxygen atoms in total. The molecule has 1 aliphatic rings. The SMILES string of the molecule is COc1ccc2cc(C(=O)NC3CCN(c4cnn(C)c4)C3=O)c(C)nc2c1. The molecule has 8 heteroatoms. The summed E-state index contributed by atoms with van der Waals surface area (Å²) in [6, 6.07) is 6.76. The molecule has 1 atom stereocenters. The van der Waals surface area contributed by atoms with Gasteiger partial charge >= 0.3 is 0 Å². The molecule has 2 amide bonds. The summed E-state index contributed by atoms with van der Waals surface area (Å²) in [5.74, 6) is 0.287. The molecule has 1 unspecified atom stereocenters. The fourth-order valence-corrected chi connectivity index (χ4v) is 3.45. The summed E-state index contributed by atoms with van der Waals surface area (Å²) in [7, 11) is 3.40. The van der Waals surface area contributed by atoms with Gasteiger partial charge in [0.15, 0.2) is 0 Å². The lowest BCUT2D eigenvalue weighted by Gasteiger charge is -2.16. The maximum Gasteiger partial charge on any atom is 0.253 e. The number of aromatic nitrogens is 3. The van der Waals surface area contributed by atoms with Gasteiger partial charge in [0.25, 0.3) is 5.91 Å². The van der Waals surface area contributed by atoms with Crippen molar-refractivity contribution in [3.05, 3.63) is 47.9 Å². The van der Waals surface area contributed by atoms with Gasteiger partial charge in [0, 0.05) is 31.2 Å². The summed E-state index contributed by atoms with van der Waals surface area (Å²) >= 11 is 0. The first-order valence-corrected chi connectivity index (χ1v) is 9.02. The second kappa shape index (κ2) is 6.95. The van der Waals surface area contributed by atoms with E-state index in [9.17, 15) is 9.59 Å². The number of carbonyl (C=O) groups excluding carboxylic acids is 2. The van der Waals surface area contributed by atoms with Gasteiger partial charge in [0.1, 0.15) is 11.8 Å². The number of pyridine rings is 1. The van der Waals surface area contributed by atoms with Crippen LogP contribution in [0, 0.1) is 6.92 Å². The van der Waals surface area contributed by atoms with Crippen molar-refractivity contribution in [1.29, 1.82) is 0 Å². The Morgan fingerprint density at radius 2 is 2.14 bits per heavy atom. The number of benzene rings is 1. The number of methoxy groups -OCH3 is 1. The van der Waals surface area contributed by atoms with E-state index in [4.69, 9.17) is 4.74 Å². The van der Waals surface area contributed by atoms with Gasteiger partial charge in [-0.2, -0.15) is 5.10 Å². The number of hydrogen-bond acceptors (Lipinski definition) is 5. The molecular formula is C20H21N5O3. The quantitative estimate of drug-likeness (QED) is 0.747. The smallest absolute Gasteiger partial charge is 0.253 e. The van der Waals surface area contributed by atoms with E-state index < -0.39 is 6.04 Å². The van der Waals surface area contributed by atoms with Gasteiger partial charge in [0.05, 0.1) is 35.8 Å². The molecule has 28 heavy (non-hydrogen) atoms. The number of hydrogen-bond donors (Lipinski definition) is 1. The zero-order valence-corrected chi connectivity index (χ0v) is 16.0. The van der Waals surface area contributed by atoms with E-state index >= 15 is 0 Å². The van der Waals surface area contributed by atoms with Crippen LogP contribution in [0.4, 0.5) is 5.69 Å². The molecular weight excluding hydrogens is 358 g/mol. The van der Waals surface area contributed by atoms with E-state index in [0.29, 0.717) is 30.0 Å². The molecule has 1 saturated heterocycles. The lowest BCUT2D eigenvalue weighted by molar-refractivity contribution is -0.118. The molecule has 3 aromatic rings. The second-order valence-electron chi connectivity index (χ2n) is 6.86. The zero-order chi connectivity index (χ0) is 19.8. The van der Waals surface area contributed by atoms with Crippen molar-refractivity contribution in [3.8, 4) is 5.75 Å². The molecule has 2 aromatic heterocycles.